The van der Waals surface area contributed by atoms with Gasteiger partial charge in [-0.25, -0.2) is 4.98 Å². The van der Waals surface area contributed by atoms with Crippen LogP contribution in [0.25, 0.3) is 11.3 Å². The van der Waals surface area contributed by atoms with Gasteiger partial charge in [0.05, 0.1) is 18.1 Å². The van der Waals surface area contributed by atoms with Gasteiger partial charge in [0.25, 0.3) is 0 Å². The number of hydrogen-bond acceptors (Lipinski definition) is 4. The van der Waals surface area contributed by atoms with Gasteiger partial charge in [-0.1, -0.05) is 12.1 Å². The van der Waals surface area contributed by atoms with E-state index in [1.165, 1.54) is 6.92 Å². The fraction of sp³-hybridized carbons (Fsp3) is 0.214. The first kappa shape index (κ1) is 13.0. The maximum atomic E-state index is 10.9. The molecule has 0 radical (unpaired) electrons. The minimum absolute atomic E-state index is 0.155. The Hall–Kier alpha value is -2.43. The normalized spacial score (nSPS) is 10.1. The van der Waals surface area contributed by atoms with E-state index in [9.17, 15) is 4.79 Å². The zero-order valence-electron chi connectivity index (χ0n) is 11.2. The van der Waals surface area contributed by atoms with Crippen LogP contribution in [-0.2, 0) is 4.79 Å². The Labute approximate surface area is 112 Å². The topological polar surface area (TPSA) is 58.1 Å². The van der Waals surface area contributed by atoms with E-state index in [1.54, 1.807) is 12.4 Å². The lowest BCUT2D eigenvalue weighted by atomic mass is 10.1. The van der Waals surface area contributed by atoms with E-state index in [0.717, 1.165) is 16.9 Å². The summed E-state index contributed by atoms with van der Waals surface area (Å²) in [4.78, 5) is 21.4. The van der Waals surface area contributed by atoms with Crippen molar-refractivity contribution in [3.63, 3.8) is 0 Å². The predicted molar refractivity (Wildman–Crippen MR) is 76.1 cm³/mol. The highest BCUT2D eigenvalue weighted by Gasteiger charge is 2.02. The van der Waals surface area contributed by atoms with Crippen molar-refractivity contribution in [1.82, 2.24) is 9.97 Å². The van der Waals surface area contributed by atoms with Gasteiger partial charge in [-0.2, -0.15) is 0 Å². The summed E-state index contributed by atoms with van der Waals surface area (Å²) in [7, 11) is 3.99. The largest absolute Gasteiger partial charge is 0.378 e. The number of amides is 1. The van der Waals surface area contributed by atoms with Crippen LogP contribution in [0.15, 0.2) is 36.7 Å². The third-order valence-electron chi connectivity index (χ3n) is 2.64. The Kier molecular flexibility index (Phi) is 3.75. The van der Waals surface area contributed by atoms with E-state index in [1.807, 2.05) is 43.3 Å². The van der Waals surface area contributed by atoms with Crippen LogP contribution in [0.2, 0.25) is 0 Å². The van der Waals surface area contributed by atoms with E-state index in [4.69, 9.17) is 0 Å². The van der Waals surface area contributed by atoms with E-state index in [-0.39, 0.29) is 5.91 Å². The lowest BCUT2D eigenvalue weighted by molar-refractivity contribution is -0.114. The number of hydrogen-bond donors (Lipinski definition) is 1. The van der Waals surface area contributed by atoms with Crippen molar-refractivity contribution < 1.29 is 4.79 Å². The summed E-state index contributed by atoms with van der Waals surface area (Å²) in [6, 6.07) is 8.05. The monoisotopic (exact) mass is 256 g/mol. The molecular weight excluding hydrogens is 240 g/mol. The number of nitrogens with zero attached hydrogens (tertiary/aromatic N) is 3. The van der Waals surface area contributed by atoms with E-state index < -0.39 is 0 Å². The fourth-order valence-electron chi connectivity index (χ4n) is 1.65. The molecule has 1 heterocycles. The van der Waals surface area contributed by atoms with Crippen molar-refractivity contribution in [2.45, 2.75) is 6.92 Å². The minimum atomic E-state index is -0.155. The van der Waals surface area contributed by atoms with Crippen molar-refractivity contribution in [2.24, 2.45) is 0 Å². The molecule has 98 valence electrons. The molecule has 0 saturated heterocycles. The average Bonchev–Trinajstić information content (AvgIpc) is 2.39. The highest BCUT2D eigenvalue weighted by molar-refractivity contribution is 5.87. The number of benzene rings is 1. The second-order valence-corrected chi connectivity index (χ2v) is 4.41. The Morgan fingerprint density at radius 2 is 1.79 bits per heavy atom. The number of nitrogens with one attached hydrogen (secondary N) is 1. The smallest absolute Gasteiger partial charge is 0.222 e. The van der Waals surface area contributed by atoms with Gasteiger partial charge >= 0.3 is 0 Å². The van der Waals surface area contributed by atoms with E-state index in [0.29, 0.717) is 5.82 Å². The van der Waals surface area contributed by atoms with Gasteiger partial charge in [-0.15, -0.1) is 0 Å². The molecule has 0 atom stereocenters. The van der Waals surface area contributed by atoms with Crippen molar-refractivity contribution in [1.29, 1.82) is 0 Å². The van der Waals surface area contributed by atoms with Crippen LogP contribution in [0, 0.1) is 0 Å². The molecule has 2 rings (SSSR count). The summed E-state index contributed by atoms with van der Waals surface area (Å²) in [6.45, 7) is 1.44. The Morgan fingerprint density at radius 3 is 2.26 bits per heavy atom. The molecule has 5 nitrogen and oxygen atoms in total. The van der Waals surface area contributed by atoms with Gasteiger partial charge in [0.2, 0.25) is 5.91 Å². The summed E-state index contributed by atoms with van der Waals surface area (Å²) < 4.78 is 0. The van der Waals surface area contributed by atoms with Gasteiger partial charge in [0.1, 0.15) is 0 Å². The second kappa shape index (κ2) is 5.48. The minimum Gasteiger partial charge on any atom is -0.378 e. The highest BCUT2D eigenvalue weighted by atomic mass is 16.1. The molecule has 19 heavy (non-hydrogen) atoms. The number of carbonyl (C=O) groups excluding carboxylic acids is 1. The summed E-state index contributed by atoms with van der Waals surface area (Å²) in [5, 5.41) is 2.59. The number of rotatable bonds is 3. The number of anilines is 2. The standard InChI is InChI=1S/C14H16N4O/c1-10(19)17-14-9-15-13(8-16-14)11-4-6-12(7-5-11)18(2)3/h4-9H,1-3H3,(H,16,17,19). The van der Waals surface area contributed by atoms with Crippen LogP contribution in [0.3, 0.4) is 0 Å². The van der Waals surface area contributed by atoms with Crippen molar-refractivity contribution in [3.8, 4) is 11.3 Å². The van der Waals surface area contributed by atoms with Gasteiger partial charge in [-0.05, 0) is 12.1 Å². The molecule has 0 aliphatic heterocycles. The van der Waals surface area contributed by atoms with E-state index in [2.05, 4.69) is 15.3 Å². The summed E-state index contributed by atoms with van der Waals surface area (Å²) >= 11 is 0. The van der Waals surface area contributed by atoms with Gasteiger partial charge in [0.15, 0.2) is 5.82 Å². The first-order chi connectivity index (χ1) is 9.06. The molecule has 0 aliphatic rings. The Balaban J connectivity index is 2.19. The Bertz CT molecular complexity index is 561. The zero-order chi connectivity index (χ0) is 13.8. The SMILES string of the molecule is CC(=O)Nc1cnc(-c2ccc(N(C)C)cc2)cn1. The second-order valence-electron chi connectivity index (χ2n) is 4.41. The first-order valence-corrected chi connectivity index (χ1v) is 5.93. The molecule has 2 aromatic rings. The number of carbonyl (C=O) groups is 1. The van der Waals surface area contributed by atoms with E-state index >= 15 is 0 Å². The average molecular weight is 256 g/mol. The lowest BCUT2D eigenvalue weighted by Crippen LogP contribution is -2.08. The summed E-state index contributed by atoms with van der Waals surface area (Å²) in [5.74, 6) is 0.304. The van der Waals surface area contributed by atoms with Crippen LogP contribution >= 0.6 is 0 Å². The molecule has 5 heteroatoms. The quantitative estimate of drug-likeness (QED) is 0.914. The molecule has 0 unspecified atom stereocenters. The van der Waals surface area contributed by atoms with Crippen molar-refractivity contribution in [2.75, 3.05) is 24.3 Å². The maximum Gasteiger partial charge on any atom is 0.222 e. The molecular formula is C14H16N4O. The molecule has 0 fully saturated rings. The molecule has 1 N–H and O–H groups in total. The van der Waals surface area contributed by atoms with Gasteiger partial charge in [-0.3, -0.25) is 9.78 Å². The van der Waals surface area contributed by atoms with Crippen LogP contribution in [0.1, 0.15) is 6.92 Å². The summed E-state index contributed by atoms with van der Waals surface area (Å²) in [5.41, 5.74) is 2.90. The van der Waals surface area contributed by atoms with Crippen molar-refractivity contribution in [3.05, 3.63) is 36.7 Å². The maximum absolute atomic E-state index is 10.9. The molecule has 1 aromatic heterocycles. The van der Waals surface area contributed by atoms with Crippen LogP contribution in [0.4, 0.5) is 11.5 Å². The third-order valence-corrected chi connectivity index (χ3v) is 2.64. The lowest BCUT2D eigenvalue weighted by Gasteiger charge is -2.12. The molecule has 0 aliphatic carbocycles. The molecule has 0 spiro atoms. The molecule has 0 bridgehead atoms. The van der Waals surface area contributed by atoms with Crippen LogP contribution in [0.5, 0.6) is 0 Å². The van der Waals surface area contributed by atoms with Crippen LogP contribution < -0.4 is 10.2 Å². The van der Waals surface area contributed by atoms with Gasteiger partial charge < -0.3 is 10.2 Å². The fourth-order valence-corrected chi connectivity index (χ4v) is 1.65. The number of aromatic nitrogens is 2. The van der Waals surface area contributed by atoms with Gasteiger partial charge in [0, 0.05) is 32.3 Å². The molecule has 1 aromatic carbocycles. The summed E-state index contributed by atoms with van der Waals surface area (Å²) in [6.07, 6.45) is 3.20. The molecule has 0 saturated carbocycles. The molecule has 1 amide bonds. The third kappa shape index (κ3) is 3.28. The van der Waals surface area contributed by atoms with Crippen molar-refractivity contribution >= 4 is 17.4 Å². The first-order valence-electron chi connectivity index (χ1n) is 5.93. The predicted octanol–water partition coefficient (Wildman–Crippen LogP) is 2.17. The Morgan fingerprint density at radius 1 is 1.11 bits per heavy atom. The zero-order valence-corrected chi connectivity index (χ0v) is 11.2. The highest BCUT2D eigenvalue weighted by Crippen LogP contribution is 2.20. The van der Waals surface area contributed by atoms with Crippen LogP contribution in [-0.4, -0.2) is 30.0 Å².